The maximum atomic E-state index is 13.3. The third kappa shape index (κ3) is 4.79. The van der Waals surface area contributed by atoms with Gasteiger partial charge in [0.2, 0.25) is 21.8 Å². The molecule has 0 aliphatic carbocycles. The van der Waals surface area contributed by atoms with E-state index in [0.29, 0.717) is 48.3 Å². The second-order valence-corrected chi connectivity index (χ2v) is 11.7. The maximum Gasteiger partial charge on any atom is 0.244 e. The number of nitrogens with one attached hydrogen (secondary N) is 1. The van der Waals surface area contributed by atoms with E-state index >= 15 is 0 Å². The highest BCUT2D eigenvalue weighted by molar-refractivity contribution is 7.89. The Morgan fingerprint density at radius 1 is 1.20 bits per heavy atom. The number of benzene rings is 2. The Morgan fingerprint density at radius 3 is 2.66 bits per heavy atom. The minimum absolute atomic E-state index is 0.183. The molecular weight excluding hydrogens is 466 g/mol. The van der Waals surface area contributed by atoms with Gasteiger partial charge in [0.15, 0.2) is 0 Å². The van der Waals surface area contributed by atoms with Gasteiger partial charge in [-0.3, -0.25) is 9.59 Å². The number of hydrogen-bond acceptors (Lipinski definition) is 5. The van der Waals surface area contributed by atoms with Gasteiger partial charge in [-0.15, -0.1) is 0 Å². The summed E-state index contributed by atoms with van der Waals surface area (Å²) in [6.07, 6.45) is 1.86. The molecule has 1 atom stereocenters. The van der Waals surface area contributed by atoms with Crippen LogP contribution in [0.2, 0.25) is 0 Å². The van der Waals surface area contributed by atoms with Crippen molar-refractivity contribution in [2.45, 2.75) is 50.8 Å². The number of carbonyl (C=O) groups is 2. The molecule has 2 aromatic rings. The molecule has 2 amide bonds. The van der Waals surface area contributed by atoms with Crippen molar-refractivity contribution in [3.8, 4) is 5.75 Å². The Bertz CT molecular complexity index is 1240. The van der Waals surface area contributed by atoms with Crippen LogP contribution in [-0.4, -0.2) is 50.8 Å². The zero-order valence-electron chi connectivity index (χ0n) is 20.7. The normalized spacial score (nSPS) is 19.9. The van der Waals surface area contributed by atoms with Gasteiger partial charge in [0.1, 0.15) is 12.3 Å². The number of nitrogens with zero attached hydrogens (tertiary/aromatic N) is 2. The second kappa shape index (κ2) is 9.62. The van der Waals surface area contributed by atoms with E-state index in [1.165, 1.54) is 15.3 Å². The van der Waals surface area contributed by atoms with Crippen LogP contribution in [-0.2, 0) is 25.0 Å². The van der Waals surface area contributed by atoms with Gasteiger partial charge in [-0.25, -0.2) is 8.42 Å². The zero-order chi connectivity index (χ0) is 25.4. The molecule has 2 aliphatic rings. The SMILES string of the molecule is CCOc1ccccc1NC(=O)CN1C(=O)C(C)(C)c2cc(S(=O)(=O)N3CCCC(C)C3)ccc21. The van der Waals surface area contributed by atoms with Gasteiger partial charge < -0.3 is 15.0 Å². The first-order chi connectivity index (χ1) is 16.6. The molecule has 1 N–H and O–H groups in total. The fraction of sp³-hybridized carbons (Fsp3) is 0.462. The second-order valence-electron chi connectivity index (χ2n) is 9.78. The Balaban J connectivity index is 1.59. The van der Waals surface area contributed by atoms with E-state index in [4.69, 9.17) is 4.74 Å². The highest BCUT2D eigenvalue weighted by Gasteiger charge is 2.45. The Kier molecular flexibility index (Phi) is 6.92. The fourth-order valence-corrected chi connectivity index (χ4v) is 6.45. The van der Waals surface area contributed by atoms with E-state index in [1.54, 1.807) is 44.2 Å². The molecule has 0 bridgehead atoms. The van der Waals surface area contributed by atoms with E-state index in [0.717, 1.165) is 12.8 Å². The van der Waals surface area contributed by atoms with Gasteiger partial charge in [0, 0.05) is 18.8 Å². The summed E-state index contributed by atoms with van der Waals surface area (Å²) in [5.74, 6) is 0.251. The summed E-state index contributed by atoms with van der Waals surface area (Å²) in [5, 5.41) is 2.82. The van der Waals surface area contributed by atoms with Crippen LogP contribution in [0.1, 0.15) is 46.1 Å². The summed E-state index contributed by atoms with van der Waals surface area (Å²) in [7, 11) is -3.67. The number of anilines is 2. The van der Waals surface area contributed by atoms with Crippen molar-refractivity contribution < 1.29 is 22.7 Å². The lowest BCUT2D eigenvalue weighted by molar-refractivity contribution is -0.124. The lowest BCUT2D eigenvalue weighted by Crippen LogP contribution is -2.40. The molecule has 0 saturated carbocycles. The maximum absolute atomic E-state index is 13.3. The number of piperidine rings is 1. The molecule has 2 heterocycles. The number of hydrogen-bond donors (Lipinski definition) is 1. The number of para-hydroxylation sites is 2. The summed E-state index contributed by atoms with van der Waals surface area (Å²) in [6, 6.07) is 11.9. The van der Waals surface area contributed by atoms with E-state index in [1.807, 2.05) is 13.0 Å². The quantitative estimate of drug-likeness (QED) is 0.626. The Morgan fingerprint density at radius 2 is 1.94 bits per heavy atom. The van der Waals surface area contributed by atoms with Crippen LogP contribution in [0.15, 0.2) is 47.4 Å². The lowest BCUT2D eigenvalue weighted by atomic mass is 9.86. The van der Waals surface area contributed by atoms with E-state index in [2.05, 4.69) is 12.2 Å². The van der Waals surface area contributed by atoms with Crippen molar-refractivity contribution in [3.63, 3.8) is 0 Å². The molecule has 4 rings (SSSR count). The molecule has 0 spiro atoms. The number of rotatable bonds is 7. The molecule has 35 heavy (non-hydrogen) atoms. The number of amides is 2. The largest absolute Gasteiger partial charge is 0.492 e. The van der Waals surface area contributed by atoms with Crippen molar-refractivity contribution in [2.24, 2.45) is 5.92 Å². The van der Waals surface area contributed by atoms with Crippen molar-refractivity contribution in [1.29, 1.82) is 0 Å². The van der Waals surface area contributed by atoms with Gasteiger partial charge >= 0.3 is 0 Å². The van der Waals surface area contributed by atoms with Crippen LogP contribution in [0, 0.1) is 5.92 Å². The van der Waals surface area contributed by atoms with Crippen LogP contribution in [0.4, 0.5) is 11.4 Å². The van der Waals surface area contributed by atoms with Gasteiger partial charge in [-0.2, -0.15) is 4.31 Å². The average molecular weight is 500 g/mol. The highest BCUT2D eigenvalue weighted by Crippen LogP contribution is 2.43. The van der Waals surface area contributed by atoms with Crippen LogP contribution in [0.3, 0.4) is 0 Å². The summed E-state index contributed by atoms with van der Waals surface area (Å²) in [5.41, 5.74) is 0.734. The zero-order valence-corrected chi connectivity index (χ0v) is 21.5. The van der Waals surface area contributed by atoms with Gasteiger partial charge in [-0.05, 0) is 75.4 Å². The topological polar surface area (TPSA) is 96.0 Å². The average Bonchev–Trinajstić information content (AvgIpc) is 3.00. The van der Waals surface area contributed by atoms with Crippen LogP contribution < -0.4 is 15.0 Å². The number of ether oxygens (including phenoxy) is 1. The molecule has 8 nitrogen and oxygen atoms in total. The molecule has 9 heteroatoms. The smallest absolute Gasteiger partial charge is 0.244 e. The summed E-state index contributed by atoms with van der Waals surface area (Å²) in [6.45, 7) is 8.71. The molecule has 1 fully saturated rings. The first-order valence-corrected chi connectivity index (χ1v) is 13.5. The van der Waals surface area contributed by atoms with Gasteiger partial charge in [-0.1, -0.05) is 19.1 Å². The Labute approximate surface area is 207 Å². The van der Waals surface area contributed by atoms with Crippen molar-refractivity contribution in [2.75, 3.05) is 36.5 Å². The molecule has 1 unspecified atom stereocenters. The Hall–Kier alpha value is -2.91. The first-order valence-electron chi connectivity index (χ1n) is 12.0. The van der Waals surface area contributed by atoms with Crippen molar-refractivity contribution >= 4 is 33.2 Å². The minimum atomic E-state index is -3.67. The van der Waals surface area contributed by atoms with E-state index < -0.39 is 15.4 Å². The van der Waals surface area contributed by atoms with Gasteiger partial charge in [0.05, 0.1) is 22.6 Å². The number of fused-ring (bicyclic) bond motifs is 1. The summed E-state index contributed by atoms with van der Waals surface area (Å²) in [4.78, 5) is 27.8. The molecular formula is C26H33N3O5S. The third-order valence-electron chi connectivity index (χ3n) is 6.73. The minimum Gasteiger partial charge on any atom is -0.492 e. The third-order valence-corrected chi connectivity index (χ3v) is 8.59. The highest BCUT2D eigenvalue weighted by atomic mass is 32.2. The first kappa shape index (κ1) is 25.2. The lowest BCUT2D eigenvalue weighted by Gasteiger charge is -2.30. The molecule has 1 saturated heterocycles. The van der Waals surface area contributed by atoms with Crippen LogP contribution in [0.5, 0.6) is 5.75 Å². The number of sulfonamides is 1. The number of carbonyl (C=O) groups excluding carboxylic acids is 2. The standard InChI is InChI=1S/C26H33N3O5S/c1-5-34-23-11-7-6-10-21(23)27-24(30)17-29-22-13-12-19(15-20(22)26(3,4)25(29)31)35(32,33)28-14-8-9-18(2)16-28/h6-7,10-13,15,18H,5,8-9,14,16-17H2,1-4H3,(H,27,30). The predicted octanol–water partition coefficient (Wildman–Crippen LogP) is 3.77. The molecule has 2 aliphatic heterocycles. The van der Waals surface area contributed by atoms with E-state index in [9.17, 15) is 18.0 Å². The molecule has 188 valence electrons. The summed E-state index contributed by atoms with van der Waals surface area (Å²) >= 11 is 0. The molecule has 2 aromatic carbocycles. The summed E-state index contributed by atoms with van der Waals surface area (Å²) < 4.78 is 33.7. The van der Waals surface area contributed by atoms with E-state index in [-0.39, 0.29) is 23.3 Å². The van der Waals surface area contributed by atoms with Crippen molar-refractivity contribution in [1.82, 2.24) is 4.31 Å². The fourth-order valence-electron chi connectivity index (χ4n) is 4.83. The van der Waals surface area contributed by atoms with Crippen molar-refractivity contribution in [3.05, 3.63) is 48.0 Å². The van der Waals surface area contributed by atoms with Gasteiger partial charge in [0.25, 0.3) is 0 Å². The molecule has 0 aromatic heterocycles. The van der Waals surface area contributed by atoms with Crippen LogP contribution in [0.25, 0.3) is 0 Å². The predicted molar refractivity (Wildman–Crippen MR) is 135 cm³/mol. The van der Waals surface area contributed by atoms with Crippen LogP contribution >= 0.6 is 0 Å². The monoisotopic (exact) mass is 499 g/mol. The molecule has 0 radical (unpaired) electrons.